The average Bonchev–Trinajstić information content (AvgIpc) is 2.65. The summed E-state index contributed by atoms with van der Waals surface area (Å²) in [4.78, 5) is 2.43. The minimum atomic E-state index is -0.544. The molecule has 4 nitrogen and oxygen atoms in total. The van der Waals surface area contributed by atoms with Crippen LogP contribution in [0.1, 0.15) is 58.3 Å². The average molecular weight is 344 g/mol. The molecule has 1 aromatic rings. The van der Waals surface area contributed by atoms with Crippen molar-refractivity contribution in [1.29, 1.82) is 0 Å². The van der Waals surface area contributed by atoms with Gasteiger partial charge in [-0.1, -0.05) is 12.8 Å². The summed E-state index contributed by atoms with van der Waals surface area (Å²) in [7, 11) is 0. The minimum absolute atomic E-state index is 0.278. The molecule has 0 aliphatic carbocycles. The number of likely N-dealkylation sites (tertiary alicyclic amines) is 1. The Morgan fingerprint density at radius 2 is 1.90 bits per heavy atom. The maximum atomic E-state index is 10.9. The van der Waals surface area contributed by atoms with Gasteiger partial charge in [0.05, 0.1) is 16.4 Å². The van der Waals surface area contributed by atoms with Gasteiger partial charge in [0.1, 0.15) is 6.10 Å². The number of aryl methyl sites for hydroxylation is 1. The van der Waals surface area contributed by atoms with E-state index in [0.717, 1.165) is 29.8 Å². The predicted octanol–water partition coefficient (Wildman–Crippen LogP) is 3.35. The predicted molar refractivity (Wildman–Crippen MR) is 84.7 cm³/mol. The van der Waals surface area contributed by atoms with E-state index in [1.165, 1.54) is 25.7 Å². The van der Waals surface area contributed by atoms with Crippen LogP contribution in [0.4, 0.5) is 0 Å². The third kappa shape index (κ3) is 3.10. The molecule has 0 amide bonds. The number of rotatable bonds is 4. The lowest BCUT2D eigenvalue weighted by atomic mass is 9.92. The van der Waals surface area contributed by atoms with Crippen LogP contribution in [0.25, 0.3) is 0 Å². The molecule has 2 rings (SSSR count). The maximum absolute atomic E-state index is 10.9. The molecular formula is C15H26BrN3O. The molecule has 0 bridgehead atoms. The zero-order valence-electron chi connectivity index (χ0n) is 12.8. The molecule has 1 aliphatic heterocycles. The van der Waals surface area contributed by atoms with E-state index in [1.54, 1.807) is 6.20 Å². The Kier molecular flexibility index (Phi) is 5.26. The highest BCUT2D eigenvalue weighted by Crippen LogP contribution is 2.35. The summed E-state index contributed by atoms with van der Waals surface area (Å²) in [6.07, 6.45) is 6.30. The molecule has 0 saturated carbocycles. The van der Waals surface area contributed by atoms with Crippen LogP contribution >= 0.6 is 15.9 Å². The molecular weight excluding hydrogens is 318 g/mol. The van der Waals surface area contributed by atoms with E-state index in [-0.39, 0.29) is 5.54 Å². The number of aliphatic hydroxyl groups excluding tert-OH is 1. The van der Waals surface area contributed by atoms with Gasteiger partial charge < -0.3 is 5.11 Å². The monoisotopic (exact) mass is 343 g/mol. The Morgan fingerprint density at radius 1 is 1.30 bits per heavy atom. The summed E-state index contributed by atoms with van der Waals surface area (Å²) in [6, 6.07) is 0. The van der Waals surface area contributed by atoms with Crippen LogP contribution in [-0.4, -0.2) is 38.4 Å². The molecule has 1 aliphatic rings. The van der Waals surface area contributed by atoms with Gasteiger partial charge in [0.2, 0.25) is 0 Å². The lowest BCUT2D eigenvalue weighted by Crippen LogP contribution is -2.49. The van der Waals surface area contributed by atoms with Gasteiger partial charge in [-0.15, -0.1) is 0 Å². The summed E-state index contributed by atoms with van der Waals surface area (Å²) in [5.41, 5.74) is 0.613. The van der Waals surface area contributed by atoms with Crippen molar-refractivity contribution >= 4 is 15.9 Å². The van der Waals surface area contributed by atoms with Gasteiger partial charge in [0.15, 0.2) is 0 Å². The van der Waals surface area contributed by atoms with Crippen LogP contribution in [0.3, 0.4) is 0 Å². The van der Waals surface area contributed by atoms with Crippen molar-refractivity contribution in [2.45, 2.75) is 64.6 Å². The fourth-order valence-electron chi connectivity index (χ4n) is 3.05. The normalized spacial score (nSPS) is 19.9. The van der Waals surface area contributed by atoms with Crippen LogP contribution in [0, 0.1) is 0 Å². The van der Waals surface area contributed by atoms with Crippen molar-refractivity contribution in [3.63, 3.8) is 0 Å². The van der Waals surface area contributed by atoms with Crippen molar-refractivity contribution in [2.75, 3.05) is 13.1 Å². The van der Waals surface area contributed by atoms with E-state index in [0.29, 0.717) is 0 Å². The first-order valence-electron chi connectivity index (χ1n) is 7.62. The highest BCUT2D eigenvalue weighted by Gasteiger charge is 2.38. The van der Waals surface area contributed by atoms with Crippen LogP contribution in [0.5, 0.6) is 0 Å². The smallest absolute Gasteiger partial charge is 0.114 e. The molecule has 1 atom stereocenters. The molecule has 1 saturated heterocycles. The van der Waals surface area contributed by atoms with Crippen molar-refractivity contribution in [2.24, 2.45) is 0 Å². The van der Waals surface area contributed by atoms with Crippen molar-refractivity contribution < 1.29 is 5.11 Å². The van der Waals surface area contributed by atoms with Gasteiger partial charge in [0, 0.05) is 12.1 Å². The Balaban J connectivity index is 2.24. The maximum Gasteiger partial charge on any atom is 0.114 e. The third-order valence-corrected chi connectivity index (χ3v) is 5.09. The van der Waals surface area contributed by atoms with Gasteiger partial charge in [0.25, 0.3) is 0 Å². The van der Waals surface area contributed by atoms with Gasteiger partial charge in [-0.05, 0) is 62.6 Å². The van der Waals surface area contributed by atoms with Crippen LogP contribution < -0.4 is 0 Å². The van der Waals surface area contributed by atoms with Crippen LogP contribution in [-0.2, 0) is 6.54 Å². The quantitative estimate of drug-likeness (QED) is 0.911. The Bertz CT molecular complexity index is 436. The second kappa shape index (κ2) is 6.58. The fourth-order valence-corrected chi connectivity index (χ4v) is 3.56. The Hall–Kier alpha value is -0.390. The number of aliphatic hydroxyl groups is 1. The molecule has 20 heavy (non-hydrogen) atoms. The van der Waals surface area contributed by atoms with Crippen LogP contribution in [0.15, 0.2) is 10.7 Å². The standard InChI is InChI=1S/C15H26BrN3O/c1-4-19-13(12(16)11-17-19)14(20)15(2,3)18-9-7-5-6-8-10-18/h11,14,20H,4-10H2,1-3H3. The Labute approximate surface area is 130 Å². The summed E-state index contributed by atoms with van der Waals surface area (Å²) in [6.45, 7) is 9.25. The zero-order valence-corrected chi connectivity index (χ0v) is 14.4. The molecule has 1 unspecified atom stereocenters. The molecule has 0 radical (unpaired) electrons. The first-order chi connectivity index (χ1) is 9.48. The third-order valence-electron chi connectivity index (χ3n) is 4.48. The van der Waals surface area contributed by atoms with E-state index in [2.05, 4.69) is 46.7 Å². The number of halogens is 1. The number of nitrogens with zero attached hydrogens (tertiary/aromatic N) is 3. The molecule has 0 aromatic carbocycles. The highest BCUT2D eigenvalue weighted by atomic mass is 79.9. The minimum Gasteiger partial charge on any atom is -0.385 e. The molecule has 1 N–H and O–H groups in total. The molecule has 1 fully saturated rings. The van der Waals surface area contributed by atoms with Crippen molar-refractivity contribution in [1.82, 2.24) is 14.7 Å². The van der Waals surface area contributed by atoms with Gasteiger partial charge in [-0.3, -0.25) is 9.58 Å². The van der Waals surface area contributed by atoms with E-state index in [9.17, 15) is 5.11 Å². The SMILES string of the molecule is CCn1ncc(Br)c1C(O)C(C)(C)N1CCCCCC1. The van der Waals surface area contributed by atoms with E-state index in [1.807, 2.05) is 4.68 Å². The topological polar surface area (TPSA) is 41.3 Å². The van der Waals surface area contributed by atoms with Crippen LogP contribution in [0.2, 0.25) is 0 Å². The molecule has 5 heteroatoms. The summed E-state index contributed by atoms with van der Waals surface area (Å²) < 4.78 is 2.78. The highest BCUT2D eigenvalue weighted by molar-refractivity contribution is 9.10. The number of aromatic nitrogens is 2. The second-order valence-electron chi connectivity index (χ2n) is 6.15. The van der Waals surface area contributed by atoms with Crippen molar-refractivity contribution in [3.8, 4) is 0 Å². The Morgan fingerprint density at radius 3 is 2.45 bits per heavy atom. The van der Waals surface area contributed by atoms with E-state index in [4.69, 9.17) is 0 Å². The van der Waals surface area contributed by atoms with E-state index < -0.39 is 6.10 Å². The second-order valence-corrected chi connectivity index (χ2v) is 7.01. The molecule has 0 spiro atoms. The first-order valence-corrected chi connectivity index (χ1v) is 8.42. The number of hydrogen-bond acceptors (Lipinski definition) is 3. The molecule has 2 heterocycles. The van der Waals surface area contributed by atoms with Crippen molar-refractivity contribution in [3.05, 3.63) is 16.4 Å². The molecule has 114 valence electrons. The van der Waals surface area contributed by atoms with Gasteiger partial charge in [-0.25, -0.2) is 0 Å². The zero-order chi connectivity index (χ0) is 14.8. The van der Waals surface area contributed by atoms with Gasteiger partial charge in [-0.2, -0.15) is 5.10 Å². The summed E-state index contributed by atoms with van der Waals surface area (Å²) in [5.74, 6) is 0. The molecule has 1 aromatic heterocycles. The fraction of sp³-hybridized carbons (Fsp3) is 0.800. The van der Waals surface area contributed by atoms with Gasteiger partial charge >= 0.3 is 0 Å². The number of hydrogen-bond donors (Lipinski definition) is 1. The lowest BCUT2D eigenvalue weighted by molar-refractivity contribution is -0.0150. The lowest BCUT2D eigenvalue weighted by Gasteiger charge is -2.41. The summed E-state index contributed by atoms with van der Waals surface area (Å²) in [5, 5.41) is 15.3. The first kappa shape index (κ1) is 16.0. The largest absolute Gasteiger partial charge is 0.385 e. The van der Waals surface area contributed by atoms with E-state index >= 15 is 0 Å². The summed E-state index contributed by atoms with van der Waals surface area (Å²) >= 11 is 3.53.